The van der Waals surface area contributed by atoms with Crippen LogP contribution in [0.5, 0.6) is 0 Å². The lowest BCUT2D eigenvalue weighted by atomic mass is 10.0. The maximum atomic E-state index is 12.8. The van der Waals surface area contributed by atoms with Gasteiger partial charge in [-0.3, -0.25) is 4.79 Å². The Bertz CT molecular complexity index is 865. The van der Waals surface area contributed by atoms with Gasteiger partial charge in [0.25, 0.3) is 0 Å². The first-order valence-electron chi connectivity index (χ1n) is 7.57. The van der Waals surface area contributed by atoms with Gasteiger partial charge >= 0.3 is 0 Å². The molecule has 118 valence electrons. The first kappa shape index (κ1) is 15.6. The van der Waals surface area contributed by atoms with Crippen LogP contribution < -0.4 is 0 Å². The number of carbonyl (C=O) groups excluding carboxylic acids is 1. The van der Waals surface area contributed by atoms with E-state index in [1.54, 1.807) is 37.5 Å². The van der Waals surface area contributed by atoms with E-state index in [1.807, 2.05) is 48.5 Å². The zero-order chi connectivity index (χ0) is 16.8. The summed E-state index contributed by atoms with van der Waals surface area (Å²) in [5.74, 6) is 0.455. The van der Waals surface area contributed by atoms with E-state index >= 15 is 0 Å². The fourth-order valence-electron chi connectivity index (χ4n) is 2.22. The van der Waals surface area contributed by atoms with Crippen LogP contribution in [0.2, 0.25) is 0 Å². The van der Waals surface area contributed by atoms with Gasteiger partial charge in [-0.05, 0) is 19.1 Å². The zero-order valence-corrected chi connectivity index (χ0v) is 13.2. The SMILES string of the molecule is CC(=NN=C(C(=O)c1ccccc1)c1ccccc1)c1ccco1. The summed E-state index contributed by atoms with van der Waals surface area (Å²) in [5.41, 5.74) is 2.20. The van der Waals surface area contributed by atoms with E-state index < -0.39 is 0 Å². The lowest BCUT2D eigenvalue weighted by molar-refractivity contribution is 0.106. The van der Waals surface area contributed by atoms with Crippen molar-refractivity contribution in [1.29, 1.82) is 0 Å². The summed E-state index contributed by atoms with van der Waals surface area (Å²) in [6, 6.07) is 22.0. The topological polar surface area (TPSA) is 54.9 Å². The highest BCUT2D eigenvalue weighted by atomic mass is 16.3. The second-order valence-electron chi connectivity index (χ2n) is 5.17. The van der Waals surface area contributed by atoms with E-state index in [0.717, 1.165) is 5.56 Å². The Morgan fingerprint density at radius 3 is 2.00 bits per heavy atom. The van der Waals surface area contributed by atoms with Gasteiger partial charge in [0.1, 0.15) is 17.2 Å². The van der Waals surface area contributed by atoms with Crippen LogP contribution in [-0.4, -0.2) is 17.2 Å². The van der Waals surface area contributed by atoms with Crippen LogP contribution in [-0.2, 0) is 0 Å². The highest BCUT2D eigenvalue weighted by Gasteiger charge is 2.16. The minimum atomic E-state index is -0.169. The average molecular weight is 316 g/mol. The molecule has 4 nitrogen and oxygen atoms in total. The Morgan fingerprint density at radius 2 is 1.42 bits per heavy atom. The summed E-state index contributed by atoms with van der Waals surface area (Å²) in [6.45, 7) is 1.79. The molecule has 0 bridgehead atoms. The zero-order valence-electron chi connectivity index (χ0n) is 13.2. The first-order valence-corrected chi connectivity index (χ1v) is 7.57. The smallest absolute Gasteiger partial charge is 0.213 e. The molecule has 0 unspecified atom stereocenters. The molecule has 1 heterocycles. The molecule has 0 fully saturated rings. The molecule has 0 aliphatic rings. The molecule has 0 saturated carbocycles. The van der Waals surface area contributed by atoms with Crippen molar-refractivity contribution in [3.63, 3.8) is 0 Å². The van der Waals surface area contributed by atoms with Crippen molar-refractivity contribution < 1.29 is 9.21 Å². The van der Waals surface area contributed by atoms with Crippen molar-refractivity contribution in [2.75, 3.05) is 0 Å². The number of nitrogens with zero attached hydrogens (tertiary/aromatic N) is 2. The summed E-state index contributed by atoms with van der Waals surface area (Å²) < 4.78 is 5.29. The Morgan fingerprint density at radius 1 is 0.792 bits per heavy atom. The van der Waals surface area contributed by atoms with E-state index in [2.05, 4.69) is 10.2 Å². The first-order chi connectivity index (χ1) is 11.8. The molecule has 3 rings (SSSR count). The number of Topliss-reactive ketones (excluding diaryl/α,β-unsaturated/α-hetero) is 1. The van der Waals surface area contributed by atoms with Crippen LogP contribution >= 0.6 is 0 Å². The molecule has 0 aliphatic carbocycles. The Kier molecular flexibility index (Phi) is 4.77. The van der Waals surface area contributed by atoms with Crippen LogP contribution in [0.15, 0.2) is 93.7 Å². The molecular formula is C20H16N2O2. The van der Waals surface area contributed by atoms with Gasteiger partial charge in [0, 0.05) is 11.1 Å². The van der Waals surface area contributed by atoms with E-state index in [-0.39, 0.29) is 5.78 Å². The molecule has 0 saturated heterocycles. The number of carbonyl (C=O) groups is 1. The molecule has 2 aromatic carbocycles. The van der Waals surface area contributed by atoms with Crippen molar-refractivity contribution >= 4 is 17.2 Å². The lowest BCUT2D eigenvalue weighted by Crippen LogP contribution is -2.15. The minimum absolute atomic E-state index is 0.169. The van der Waals surface area contributed by atoms with Gasteiger partial charge in [-0.1, -0.05) is 60.7 Å². The quantitative estimate of drug-likeness (QED) is 0.398. The van der Waals surface area contributed by atoms with Gasteiger partial charge in [-0.2, -0.15) is 5.10 Å². The number of hydrogen-bond acceptors (Lipinski definition) is 4. The van der Waals surface area contributed by atoms with E-state index in [0.29, 0.717) is 22.7 Å². The van der Waals surface area contributed by atoms with E-state index in [9.17, 15) is 4.79 Å². The number of hydrogen-bond donors (Lipinski definition) is 0. The highest BCUT2D eigenvalue weighted by Crippen LogP contribution is 2.10. The van der Waals surface area contributed by atoms with Crippen LogP contribution in [0.25, 0.3) is 0 Å². The molecule has 0 N–H and O–H groups in total. The lowest BCUT2D eigenvalue weighted by Gasteiger charge is -2.05. The Balaban J connectivity index is 2.01. The van der Waals surface area contributed by atoms with Crippen LogP contribution in [0.3, 0.4) is 0 Å². The van der Waals surface area contributed by atoms with Crippen molar-refractivity contribution in [1.82, 2.24) is 0 Å². The van der Waals surface area contributed by atoms with Crippen LogP contribution in [0.1, 0.15) is 28.6 Å². The molecule has 0 amide bonds. The third-order valence-corrected chi connectivity index (χ3v) is 3.48. The monoisotopic (exact) mass is 316 g/mol. The minimum Gasteiger partial charge on any atom is -0.463 e. The standard InChI is InChI=1S/C20H16N2O2/c1-15(18-13-8-14-24-18)21-22-19(16-9-4-2-5-10-16)20(23)17-11-6-3-7-12-17/h2-14H,1H3. The van der Waals surface area contributed by atoms with Crippen molar-refractivity contribution in [3.05, 3.63) is 95.9 Å². The predicted octanol–water partition coefficient (Wildman–Crippen LogP) is 4.38. The summed E-state index contributed by atoms with van der Waals surface area (Å²) in [7, 11) is 0. The van der Waals surface area contributed by atoms with Gasteiger partial charge in [0.15, 0.2) is 0 Å². The molecule has 0 atom stereocenters. The molecule has 0 radical (unpaired) electrons. The maximum Gasteiger partial charge on any atom is 0.213 e. The third kappa shape index (κ3) is 3.55. The number of benzene rings is 2. The number of ketones is 1. The molecule has 3 aromatic rings. The second kappa shape index (κ2) is 7.33. The average Bonchev–Trinajstić information content (AvgIpc) is 3.18. The molecule has 0 aliphatic heterocycles. The number of furan rings is 1. The molecule has 24 heavy (non-hydrogen) atoms. The molecule has 0 spiro atoms. The van der Waals surface area contributed by atoms with Crippen LogP contribution in [0.4, 0.5) is 0 Å². The Labute approximate surface area is 140 Å². The van der Waals surface area contributed by atoms with Gasteiger partial charge < -0.3 is 4.42 Å². The fourth-order valence-corrected chi connectivity index (χ4v) is 2.22. The number of rotatable bonds is 5. The molecule has 1 aromatic heterocycles. The second-order valence-corrected chi connectivity index (χ2v) is 5.17. The van der Waals surface area contributed by atoms with Gasteiger partial charge in [0.05, 0.1) is 6.26 Å². The van der Waals surface area contributed by atoms with Gasteiger partial charge in [-0.15, -0.1) is 5.10 Å². The van der Waals surface area contributed by atoms with Gasteiger partial charge in [0.2, 0.25) is 5.78 Å². The van der Waals surface area contributed by atoms with Crippen LogP contribution in [0, 0.1) is 0 Å². The summed E-state index contributed by atoms with van der Waals surface area (Å²) in [5, 5.41) is 8.40. The maximum absolute atomic E-state index is 12.8. The fraction of sp³-hybridized carbons (Fsp3) is 0.0500. The molecule has 4 heteroatoms. The van der Waals surface area contributed by atoms with Crippen molar-refractivity contribution in [3.8, 4) is 0 Å². The van der Waals surface area contributed by atoms with E-state index in [1.165, 1.54) is 0 Å². The van der Waals surface area contributed by atoms with Gasteiger partial charge in [-0.25, -0.2) is 0 Å². The largest absolute Gasteiger partial charge is 0.463 e. The highest BCUT2D eigenvalue weighted by molar-refractivity contribution is 6.51. The van der Waals surface area contributed by atoms with Crippen molar-refractivity contribution in [2.45, 2.75) is 6.92 Å². The van der Waals surface area contributed by atoms with Crippen molar-refractivity contribution in [2.24, 2.45) is 10.2 Å². The normalized spacial score (nSPS) is 12.2. The summed E-state index contributed by atoms with van der Waals surface area (Å²) >= 11 is 0. The predicted molar refractivity (Wildman–Crippen MR) is 94.7 cm³/mol. The molecular weight excluding hydrogens is 300 g/mol. The summed E-state index contributed by atoms with van der Waals surface area (Å²) in [4.78, 5) is 12.8. The summed E-state index contributed by atoms with van der Waals surface area (Å²) in [6.07, 6.45) is 1.57. The third-order valence-electron chi connectivity index (χ3n) is 3.48. The Hall–Kier alpha value is -3.27. The van der Waals surface area contributed by atoms with E-state index in [4.69, 9.17) is 4.42 Å².